The van der Waals surface area contributed by atoms with Gasteiger partial charge < -0.3 is 14.8 Å². The van der Waals surface area contributed by atoms with Gasteiger partial charge in [-0.3, -0.25) is 8.98 Å². The van der Waals surface area contributed by atoms with E-state index in [9.17, 15) is 18.0 Å². The van der Waals surface area contributed by atoms with E-state index >= 15 is 0 Å². The highest BCUT2D eigenvalue weighted by atomic mass is 32.2. The van der Waals surface area contributed by atoms with Crippen molar-refractivity contribution in [2.24, 2.45) is 5.92 Å². The van der Waals surface area contributed by atoms with Crippen molar-refractivity contribution in [3.63, 3.8) is 0 Å². The van der Waals surface area contributed by atoms with Crippen LogP contribution < -0.4 is 5.32 Å². The topological polar surface area (TPSA) is 108 Å². The second-order valence-corrected chi connectivity index (χ2v) is 8.45. The first-order valence-electron chi connectivity index (χ1n) is 7.95. The maximum Gasteiger partial charge on any atom is 0.407 e. The summed E-state index contributed by atoms with van der Waals surface area (Å²) >= 11 is 0. The summed E-state index contributed by atoms with van der Waals surface area (Å²) in [6.45, 7) is 7.15. The minimum atomic E-state index is -3.68. The predicted octanol–water partition coefficient (Wildman–Crippen LogP) is 1.59. The lowest BCUT2D eigenvalue weighted by molar-refractivity contribution is -0.150. The van der Waals surface area contributed by atoms with Crippen molar-refractivity contribution in [1.29, 1.82) is 0 Å². The highest BCUT2D eigenvalue weighted by Crippen LogP contribution is 2.29. The highest BCUT2D eigenvalue weighted by molar-refractivity contribution is 7.86. The molecule has 0 bridgehead atoms. The van der Waals surface area contributed by atoms with Crippen LogP contribution in [0.2, 0.25) is 0 Å². The van der Waals surface area contributed by atoms with Gasteiger partial charge in [-0.15, -0.1) is 0 Å². The zero-order chi connectivity index (χ0) is 18.5. The third kappa shape index (κ3) is 7.48. The molecule has 140 valence electrons. The van der Waals surface area contributed by atoms with Gasteiger partial charge in [0.1, 0.15) is 5.60 Å². The minimum Gasteiger partial charge on any atom is -0.466 e. The van der Waals surface area contributed by atoms with Crippen LogP contribution >= 0.6 is 0 Å². The molecule has 0 aromatic rings. The second-order valence-electron chi connectivity index (χ2n) is 6.85. The van der Waals surface area contributed by atoms with E-state index in [2.05, 4.69) is 5.32 Å². The number of rotatable bonds is 5. The largest absolute Gasteiger partial charge is 0.466 e. The molecule has 1 rings (SSSR count). The molecule has 9 heteroatoms. The van der Waals surface area contributed by atoms with Crippen molar-refractivity contribution < 1.29 is 31.7 Å². The zero-order valence-corrected chi connectivity index (χ0v) is 15.6. The average molecular weight is 365 g/mol. The molecule has 1 N–H and O–H groups in total. The summed E-state index contributed by atoms with van der Waals surface area (Å²) in [6, 6.07) is -0.655. The van der Waals surface area contributed by atoms with Crippen LogP contribution in [-0.4, -0.2) is 51.1 Å². The lowest BCUT2D eigenvalue weighted by Crippen LogP contribution is -2.51. The van der Waals surface area contributed by atoms with Crippen molar-refractivity contribution in [3.05, 3.63) is 0 Å². The maximum atomic E-state index is 12.0. The molecule has 24 heavy (non-hydrogen) atoms. The maximum absolute atomic E-state index is 12.0. The van der Waals surface area contributed by atoms with E-state index in [4.69, 9.17) is 13.7 Å². The molecule has 0 radical (unpaired) electrons. The summed E-state index contributed by atoms with van der Waals surface area (Å²) in [4.78, 5) is 23.9. The van der Waals surface area contributed by atoms with E-state index in [-0.39, 0.29) is 19.0 Å². The Morgan fingerprint density at radius 2 is 1.83 bits per heavy atom. The molecule has 0 aliphatic heterocycles. The van der Waals surface area contributed by atoms with Crippen LogP contribution in [0.4, 0.5) is 4.79 Å². The smallest absolute Gasteiger partial charge is 0.407 e. The quantitative estimate of drug-likeness (QED) is 0.582. The number of amides is 1. The summed E-state index contributed by atoms with van der Waals surface area (Å²) < 4.78 is 38.1. The van der Waals surface area contributed by atoms with Crippen molar-refractivity contribution >= 4 is 22.2 Å². The first-order valence-corrected chi connectivity index (χ1v) is 9.77. The van der Waals surface area contributed by atoms with Gasteiger partial charge in [0, 0.05) is 0 Å². The van der Waals surface area contributed by atoms with Gasteiger partial charge >= 0.3 is 12.1 Å². The first-order chi connectivity index (χ1) is 10.9. The van der Waals surface area contributed by atoms with Gasteiger partial charge in [0.25, 0.3) is 10.1 Å². The lowest BCUT2D eigenvalue weighted by Gasteiger charge is -2.35. The molecule has 1 fully saturated rings. The average Bonchev–Trinajstić information content (AvgIpc) is 2.37. The van der Waals surface area contributed by atoms with Crippen LogP contribution in [-0.2, 0) is 28.6 Å². The summed E-state index contributed by atoms with van der Waals surface area (Å²) in [5, 5.41) is 2.62. The molecular formula is C15H27NO7S. The fourth-order valence-electron chi connectivity index (χ4n) is 2.57. The van der Waals surface area contributed by atoms with Crippen LogP contribution in [0.3, 0.4) is 0 Å². The number of hydrogen-bond acceptors (Lipinski definition) is 7. The molecule has 1 aliphatic carbocycles. The number of carbonyl (C=O) groups excluding carboxylic acids is 2. The molecule has 1 aliphatic rings. The lowest BCUT2D eigenvalue weighted by atomic mass is 9.84. The van der Waals surface area contributed by atoms with Crippen LogP contribution in [0, 0.1) is 5.92 Å². The van der Waals surface area contributed by atoms with Crippen molar-refractivity contribution in [1.82, 2.24) is 5.32 Å². The van der Waals surface area contributed by atoms with Gasteiger partial charge in [0.15, 0.2) is 0 Å². The van der Waals surface area contributed by atoms with Gasteiger partial charge in [-0.1, -0.05) is 0 Å². The van der Waals surface area contributed by atoms with E-state index in [1.165, 1.54) is 0 Å². The Morgan fingerprint density at radius 3 is 2.33 bits per heavy atom. The SMILES string of the molecule is CCOC(=O)[C@H]1CC[C@H](OS(C)(=O)=O)[C@H](NC(=O)OC(C)(C)C)C1. The molecule has 0 saturated heterocycles. The zero-order valence-electron chi connectivity index (χ0n) is 14.8. The van der Waals surface area contributed by atoms with E-state index < -0.39 is 39.9 Å². The van der Waals surface area contributed by atoms with Gasteiger partial charge in [0.2, 0.25) is 0 Å². The van der Waals surface area contributed by atoms with E-state index in [1.807, 2.05) is 0 Å². The second kappa shape index (κ2) is 8.15. The minimum absolute atomic E-state index is 0.234. The van der Waals surface area contributed by atoms with Gasteiger partial charge in [-0.2, -0.15) is 8.42 Å². The first kappa shape index (κ1) is 20.7. The third-order valence-corrected chi connectivity index (χ3v) is 4.00. The van der Waals surface area contributed by atoms with E-state index in [0.29, 0.717) is 12.8 Å². The molecule has 0 heterocycles. The molecule has 1 saturated carbocycles. The van der Waals surface area contributed by atoms with Gasteiger partial charge in [0.05, 0.1) is 30.9 Å². The summed E-state index contributed by atoms with van der Waals surface area (Å²) in [6.07, 6.45) is 0.521. The van der Waals surface area contributed by atoms with Crippen LogP contribution in [0.15, 0.2) is 0 Å². The Labute approximate surface area is 143 Å². The van der Waals surface area contributed by atoms with Crippen LogP contribution in [0.25, 0.3) is 0 Å². The summed E-state index contributed by atoms with van der Waals surface area (Å²) in [5.41, 5.74) is -0.688. The molecular weight excluding hydrogens is 338 g/mol. The number of esters is 1. The Morgan fingerprint density at radius 1 is 1.21 bits per heavy atom. The highest BCUT2D eigenvalue weighted by Gasteiger charge is 2.38. The molecule has 0 unspecified atom stereocenters. The van der Waals surface area contributed by atoms with Gasteiger partial charge in [-0.05, 0) is 47.0 Å². The molecule has 0 aromatic heterocycles. The summed E-state index contributed by atoms with van der Waals surface area (Å²) in [7, 11) is -3.68. The predicted molar refractivity (Wildman–Crippen MR) is 86.8 cm³/mol. The monoisotopic (exact) mass is 365 g/mol. The number of alkyl carbamates (subject to hydrolysis) is 1. The normalized spacial score (nSPS) is 25.0. The summed E-state index contributed by atoms with van der Waals surface area (Å²) in [5.74, 6) is -0.768. The number of hydrogen-bond donors (Lipinski definition) is 1. The van der Waals surface area contributed by atoms with E-state index in [0.717, 1.165) is 6.26 Å². The van der Waals surface area contributed by atoms with E-state index in [1.54, 1.807) is 27.7 Å². The van der Waals surface area contributed by atoms with Crippen LogP contribution in [0.1, 0.15) is 47.0 Å². The van der Waals surface area contributed by atoms with Gasteiger partial charge in [-0.25, -0.2) is 4.79 Å². The van der Waals surface area contributed by atoms with Crippen LogP contribution in [0.5, 0.6) is 0 Å². The molecule has 8 nitrogen and oxygen atoms in total. The molecule has 0 aromatic carbocycles. The molecule has 1 amide bonds. The fraction of sp³-hybridized carbons (Fsp3) is 0.867. The molecule has 3 atom stereocenters. The number of nitrogens with one attached hydrogen (secondary N) is 1. The Hall–Kier alpha value is -1.35. The number of carbonyl (C=O) groups is 2. The van der Waals surface area contributed by atoms with Crippen molar-refractivity contribution in [2.45, 2.75) is 64.7 Å². The standard InChI is InChI=1S/C15H27NO7S/c1-6-21-13(17)10-7-8-12(23-24(5,19)20)11(9-10)16-14(18)22-15(2,3)4/h10-12H,6-9H2,1-5H3,(H,16,18)/t10-,11+,12-/m0/s1. The van der Waals surface area contributed by atoms with Crippen molar-refractivity contribution in [3.8, 4) is 0 Å². The fourth-order valence-corrected chi connectivity index (χ4v) is 3.25. The third-order valence-electron chi connectivity index (χ3n) is 3.41. The molecule has 0 spiro atoms. The van der Waals surface area contributed by atoms with Crippen molar-refractivity contribution in [2.75, 3.05) is 12.9 Å². The Balaban J connectivity index is 2.82. The number of ether oxygens (including phenoxy) is 2. The Bertz CT molecular complexity index is 553. The Kier molecular flexibility index (Phi) is 7.03.